The van der Waals surface area contributed by atoms with Gasteiger partial charge < -0.3 is 5.32 Å². The third-order valence-electron chi connectivity index (χ3n) is 6.95. The lowest BCUT2D eigenvalue weighted by Gasteiger charge is -2.21. The van der Waals surface area contributed by atoms with Crippen molar-refractivity contribution in [1.82, 2.24) is 9.62 Å². The van der Waals surface area contributed by atoms with Crippen LogP contribution < -0.4 is 5.32 Å². The Morgan fingerprint density at radius 1 is 0.977 bits per heavy atom. The second-order valence-corrected chi connectivity index (χ2v) is 12.0. The molecule has 0 radical (unpaired) electrons. The minimum absolute atomic E-state index is 0.0209. The van der Waals surface area contributed by atoms with Crippen LogP contribution in [-0.2, 0) is 19.6 Å². The van der Waals surface area contributed by atoms with Crippen molar-refractivity contribution in [2.75, 3.05) is 26.2 Å². The van der Waals surface area contributed by atoms with Crippen molar-refractivity contribution in [1.29, 1.82) is 0 Å². The van der Waals surface area contributed by atoms with Gasteiger partial charge in [0.25, 0.3) is 5.69 Å². The highest BCUT2D eigenvalue weighted by Crippen LogP contribution is 2.26. The van der Waals surface area contributed by atoms with Crippen LogP contribution in [0.1, 0.15) is 43.7 Å². The zero-order chi connectivity index (χ0) is 32.0. The van der Waals surface area contributed by atoms with Gasteiger partial charge in [0.1, 0.15) is 5.78 Å². The van der Waals surface area contributed by atoms with Crippen molar-refractivity contribution in [3.05, 3.63) is 119 Å². The van der Waals surface area contributed by atoms with Crippen LogP contribution in [0.25, 0.3) is 0 Å². The Kier molecular flexibility index (Phi) is 13.3. The van der Waals surface area contributed by atoms with Crippen LogP contribution in [0.5, 0.6) is 0 Å². The number of rotatable bonds is 19. The Labute approximate surface area is 258 Å². The van der Waals surface area contributed by atoms with E-state index >= 15 is 0 Å². The summed E-state index contributed by atoms with van der Waals surface area (Å²) in [6, 6.07) is 23.9. The summed E-state index contributed by atoms with van der Waals surface area (Å²) in [4.78, 5) is 40.4. The Hall–Kier alpha value is -4.32. The zero-order valence-electron chi connectivity index (χ0n) is 24.8. The van der Waals surface area contributed by atoms with E-state index in [1.165, 1.54) is 24.3 Å². The molecule has 11 heteroatoms. The summed E-state index contributed by atoms with van der Waals surface area (Å²) in [6.07, 6.45) is 2.99. The molecule has 0 spiro atoms. The molecule has 3 aromatic rings. The van der Waals surface area contributed by atoms with E-state index in [1.807, 2.05) is 60.7 Å². The van der Waals surface area contributed by atoms with E-state index in [9.17, 15) is 28.1 Å². The molecule has 0 saturated carbocycles. The molecule has 0 bridgehead atoms. The summed E-state index contributed by atoms with van der Waals surface area (Å²) in [6.45, 7) is 5.34. The van der Waals surface area contributed by atoms with E-state index < -0.39 is 26.7 Å². The fourth-order valence-corrected chi connectivity index (χ4v) is 6.29. The lowest BCUT2D eigenvalue weighted by molar-refractivity contribution is -0.387. The number of para-hydroxylation sites is 1. The van der Waals surface area contributed by atoms with Crippen LogP contribution in [0, 0.1) is 10.1 Å². The smallest absolute Gasteiger partial charge is 0.289 e. The summed E-state index contributed by atoms with van der Waals surface area (Å²) in [7, 11) is -4.15. The van der Waals surface area contributed by atoms with Crippen molar-refractivity contribution in [3.8, 4) is 0 Å². The molecule has 44 heavy (non-hydrogen) atoms. The Balaban J connectivity index is 1.60. The number of aliphatic imine (C=N–C) groups is 1. The van der Waals surface area contributed by atoms with Crippen LogP contribution in [0.3, 0.4) is 0 Å². The van der Waals surface area contributed by atoms with Gasteiger partial charge in [-0.2, -0.15) is 4.31 Å². The first-order valence-electron chi connectivity index (χ1n) is 14.5. The number of unbranched alkanes of at least 4 members (excludes halogenated alkanes) is 1. The molecule has 0 aliphatic heterocycles. The minimum Gasteiger partial charge on any atom is -0.300 e. The fourth-order valence-electron chi connectivity index (χ4n) is 4.68. The number of nitrogens with one attached hydrogen (secondary N) is 1. The average Bonchev–Trinajstić information content (AvgIpc) is 3.04. The first-order chi connectivity index (χ1) is 21.2. The average molecular weight is 619 g/mol. The summed E-state index contributed by atoms with van der Waals surface area (Å²) >= 11 is 0. The number of carbonyl (C=O) groups excluding carboxylic acids is 2. The van der Waals surface area contributed by atoms with Gasteiger partial charge in [-0.25, -0.2) is 8.42 Å². The molecule has 1 atom stereocenters. The molecule has 0 amide bonds. The second-order valence-electron chi connectivity index (χ2n) is 10.1. The number of nitrogens with zero attached hydrogens (tertiary/aromatic N) is 3. The largest absolute Gasteiger partial charge is 0.300 e. The maximum Gasteiger partial charge on any atom is 0.289 e. The predicted molar refractivity (Wildman–Crippen MR) is 171 cm³/mol. The van der Waals surface area contributed by atoms with E-state index in [0.717, 1.165) is 21.5 Å². The van der Waals surface area contributed by atoms with E-state index in [0.29, 0.717) is 25.0 Å². The molecule has 0 saturated heterocycles. The topological polar surface area (TPSA) is 139 Å². The maximum absolute atomic E-state index is 13.3. The van der Waals surface area contributed by atoms with Crippen LogP contribution in [0.4, 0.5) is 5.69 Å². The standard InChI is InChI=1S/C33H38N4O6S/c1-3-22-36(44(42,43)32-21-12-11-20-30(32)37(40)41)23-14-13-19-29(31(39)4-2)34-24-28(38)25-35-33(26-15-7-5-8-16-26)27-17-9-6-10-18-27/h3,5-12,15-18,20-21,29,34H,1,4,13-14,19,22-25H2,2H3/t29-/m0/s1. The number of hydrogen-bond donors (Lipinski definition) is 1. The lowest BCUT2D eigenvalue weighted by Crippen LogP contribution is -2.40. The lowest BCUT2D eigenvalue weighted by atomic mass is 10.0. The Morgan fingerprint density at radius 2 is 1.57 bits per heavy atom. The number of Topliss-reactive ketones (excluding diaryl/α,β-unsaturated/α-hetero) is 2. The number of nitro groups is 1. The predicted octanol–water partition coefficient (Wildman–Crippen LogP) is 4.99. The third-order valence-corrected chi connectivity index (χ3v) is 8.87. The Morgan fingerprint density at radius 3 is 2.14 bits per heavy atom. The quantitative estimate of drug-likeness (QED) is 0.0657. The first kappa shape index (κ1) is 34.2. The fraction of sp³-hybridized carbons (Fsp3) is 0.303. The van der Waals surface area contributed by atoms with Gasteiger partial charge in [-0.3, -0.25) is 24.7 Å². The highest BCUT2D eigenvalue weighted by atomic mass is 32.2. The van der Waals surface area contributed by atoms with Crippen LogP contribution in [0.15, 0.2) is 107 Å². The number of ketones is 2. The maximum atomic E-state index is 13.3. The van der Waals surface area contributed by atoms with Crippen LogP contribution in [-0.4, -0.2) is 67.1 Å². The minimum atomic E-state index is -4.15. The Bertz CT molecular complexity index is 1520. The number of sulfonamides is 1. The summed E-state index contributed by atoms with van der Waals surface area (Å²) < 4.78 is 27.7. The van der Waals surface area contributed by atoms with Gasteiger partial charge in [-0.05, 0) is 18.9 Å². The second kappa shape index (κ2) is 17.1. The van der Waals surface area contributed by atoms with E-state index in [4.69, 9.17) is 0 Å². The molecule has 0 aliphatic rings. The highest BCUT2D eigenvalue weighted by molar-refractivity contribution is 7.89. The molecular formula is C33H38N4O6S. The molecule has 0 fully saturated rings. The molecule has 232 valence electrons. The molecule has 3 rings (SSSR count). The molecular weight excluding hydrogens is 580 g/mol. The monoisotopic (exact) mass is 618 g/mol. The molecule has 1 N–H and O–H groups in total. The number of benzene rings is 3. The van der Waals surface area contributed by atoms with Crippen molar-refractivity contribution in [3.63, 3.8) is 0 Å². The highest BCUT2D eigenvalue weighted by Gasteiger charge is 2.30. The normalized spacial score (nSPS) is 12.0. The van der Waals surface area contributed by atoms with Gasteiger partial charge in [-0.15, -0.1) is 6.58 Å². The van der Waals surface area contributed by atoms with Crippen LogP contribution >= 0.6 is 0 Å². The van der Waals surface area contributed by atoms with E-state index in [2.05, 4.69) is 16.9 Å². The molecule has 0 heterocycles. The van der Waals surface area contributed by atoms with Crippen molar-refractivity contribution in [2.45, 2.75) is 43.5 Å². The SMILES string of the molecule is C=CCN(CCCC[C@H](NCC(=O)CN=C(c1ccccc1)c1ccccc1)C(=O)CC)S(=O)(=O)c1ccccc1[N+](=O)[O-]. The molecule has 0 aromatic heterocycles. The zero-order valence-corrected chi connectivity index (χ0v) is 25.6. The molecule has 10 nitrogen and oxygen atoms in total. The number of carbonyl (C=O) groups is 2. The third kappa shape index (κ3) is 9.60. The van der Waals surface area contributed by atoms with Crippen LogP contribution in [0.2, 0.25) is 0 Å². The summed E-state index contributed by atoms with van der Waals surface area (Å²) in [5.74, 6) is -0.220. The van der Waals surface area contributed by atoms with Crippen molar-refractivity contribution < 1.29 is 22.9 Å². The van der Waals surface area contributed by atoms with Gasteiger partial charge in [0.15, 0.2) is 10.7 Å². The summed E-state index contributed by atoms with van der Waals surface area (Å²) in [5.41, 5.74) is 2.01. The van der Waals surface area contributed by atoms with E-state index in [-0.39, 0.29) is 49.1 Å². The van der Waals surface area contributed by atoms with Crippen molar-refractivity contribution >= 4 is 33.0 Å². The van der Waals surface area contributed by atoms with Gasteiger partial charge in [0, 0.05) is 36.7 Å². The molecule has 0 unspecified atom stereocenters. The molecule has 3 aromatic carbocycles. The number of hydrogen-bond acceptors (Lipinski definition) is 8. The van der Waals surface area contributed by atoms with Gasteiger partial charge in [-0.1, -0.05) is 92.2 Å². The van der Waals surface area contributed by atoms with Gasteiger partial charge >= 0.3 is 0 Å². The first-order valence-corrected chi connectivity index (χ1v) is 15.9. The van der Waals surface area contributed by atoms with Gasteiger partial charge in [0.05, 0.1) is 29.8 Å². The number of nitro benzene ring substituents is 1. The molecule has 0 aliphatic carbocycles. The summed E-state index contributed by atoms with van der Waals surface area (Å²) in [5, 5.41) is 14.5. The van der Waals surface area contributed by atoms with E-state index in [1.54, 1.807) is 6.92 Å². The van der Waals surface area contributed by atoms with Gasteiger partial charge in [0.2, 0.25) is 10.0 Å². The van der Waals surface area contributed by atoms with Crippen molar-refractivity contribution in [2.24, 2.45) is 4.99 Å².